The maximum absolute atomic E-state index is 16.0. The van der Waals surface area contributed by atoms with Crippen LogP contribution in [0.25, 0.3) is 11.3 Å². The monoisotopic (exact) mass is 687 g/mol. The molecule has 0 aliphatic heterocycles. The molecule has 1 heterocycles. The Morgan fingerprint density at radius 3 is 2.16 bits per heavy atom. The number of nitrogens with two attached hydrogens (primary N) is 1. The number of nitrogens with zero attached hydrogens (tertiary/aromatic N) is 2. The van der Waals surface area contributed by atoms with Gasteiger partial charge in [-0.25, -0.2) is 22.8 Å². The van der Waals surface area contributed by atoms with Crippen molar-refractivity contribution in [2.24, 2.45) is 0 Å². The van der Waals surface area contributed by atoms with E-state index >= 15 is 8.78 Å². The lowest BCUT2D eigenvalue weighted by atomic mass is 10.00. The molecule has 0 bridgehead atoms. The van der Waals surface area contributed by atoms with E-state index in [1.807, 2.05) is 6.07 Å². The number of hydrogen-bond acceptors (Lipinski definition) is 6. The summed E-state index contributed by atoms with van der Waals surface area (Å²) in [5, 5.41) is 0. The summed E-state index contributed by atoms with van der Waals surface area (Å²) in [6.07, 6.45) is 2.13. The zero-order valence-electron chi connectivity index (χ0n) is 28.3. The van der Waals surface area contributed by atoms with Crippen molar-refractivity contribution in [3.05, 3.63) is 136 Å². The lowest BCUT2D eigenvalue weighted by Crippen LogP contribution is -2.49. The summed E-state index contributed by atoms with van der Waals surface area (Å²) < 4.78 is 57.8. The van der Waals surface area contributed by atoms with Crippen LogP contribution in [0.15, 0.2) is 90.2 Å². The third kappa shape index (κ3) is 8.45. The minimum absolute atomic E-state index is 0.0140. The second kappa shape index (κ2) is 15.1. The largest absolute Gasteiger partial charge is 0.461 e. The molecule has 11 heteroatoms. The van der Waals surface area contributed by atoms with Crippen LogP contribution in [0.5, 0.6) is 0 Å². The van der Waals surface area contributed by atoms with E-state index in [1.54, 1.807) is 45.0 Å². The molecule has 4 aromatic rings. The fourth-order valence-corrected chi connectivity index (χ4v) is 6.00. The number of pyridine rings is 1. The predicted octanol–water partition coefficient (Wildman–Crippen LogP) is 7.73. The van der Waals surface area contributed by atoms with Crippen LogP contribution in [0.2, 0.25) is 0 Å². The van der Waals surface area contributed by atoms with Crippen LogP contribution in [-0.2, 0) is 27.2 Å². The number of hydrogen-bond donors (Lipinski definition) is 1. The molecule has 1 atom stereocenters. The van der Waals surface area contributed by atoms with Gasteiger partial charge in [-0.2, -0.15) is 0 Å². The second-order valence-electron chi connectivity index (χ2n) is 13.4. The van der Waals surface area contributed by atoms with Crippen molar-refractivity contribution in [3.63, 3.8) is 0 Å². The van der Waals surface area contributed by atoms with Crippen molar-refractivity contribution < 1.29 is 32.2 Å². The average Bonchev–Trinajstić information content (AvgIpc) is 3.56. The van der Waals surface area contributed by atoms with Crippen LogP contribution >= 0.6 is 0 Å². The number of halogens is 3. The minimum atomic E-state index is -1.19. The molecular formula is C39H40F3N3O5. The van der Waals surface area contributed by atoms with Gasteiger partial charge in [0.25, 0.3) is 5.56 Å². The molecule has 1 saturated carbocycles. The predicted molar refractivity (Wildman–Crippen MR) is 185 cm³/mol. The van der Waals surface area contributed by atoms with Crippen LogP contribution in [0.3, 0.4) is 0 Å². The summed E-state index contributed by atoms with van der Waals surface area (Å²) in [5.74, 6) is -3.69. The van der Waals surface area contributed by atoms with E-state index in [0.717, 1.165) is 41.5 Å². The smallest absolute Gasteiger partial charge is 0.411 e. The number of ether oxygens (including phenoxy) is 2. The highest BCUT2D eigenvalue weighted by atomic mass is 19.1. The molecule has 0 radical (unpaired) electrons. The first kappa shape index (κ1) is 36.0. The Morgan fingerprint density at radius 1 is 0.940 bits per heavy atom. The quantitative estimate of drug-likeness (QED) is 0.171. The highest BCUT2D eigenvalue weighted by molar-refractivity contribution is 5.84. The van der Waals surface area contributed by atoms with Crippen molar-refractivity contribution in [3.8, 4) is 5.69 Å². The van der Waals surface area contributed by atoms with Gasteiger partial charge in [-0.05, 0) is 99.0 Å². The fraction of sp³-hybridized carbons (Fsp3) is 0.308. The Balaban J connectivity index is 1.53. The Morgan fingerprint density at radius 2 is 1.56 bits per heavy atom. The zero-order valence-corrected chi connectivity index (χ0v) is 28.3. The van der Waals surface area contributed by atoms with E-state index < -0.39 is 58.9 Å². The number of aromatic nitrogens is 1. The van der Waals surface area contributed by atoms with Gasteiger partial charge in [-0.15, -0.1) is 0 Å². The number of amides is 1. The third-order valence-corrected chi connectivity index (χ3v) is 8.43. The van der Waals surface area contributed by atoms with E-state index in [0.29, 0.717) is 28.5 Å². The standard InChI is InChI=1S/C39H40F3N3O5/c1-24(27-14-16-28(40)17-15-27)30-18-19-34(46)45(36(30)43)35-31(41)20-26(21-32(35)42)23-44(38(48)50-39(2,3)4)33(22-25-10-6-5-7-11-25)37(47)49-29-12-8-9-13-29/h5-7,10-11,14-21,29,33H,1,8-9,12-13,22-23,43H2,2-4H3/t33-/m0/s1. The van der Waals surface area contributed by atoms with Crippen LogP contribution in [-0.4, -0.2) is 39.3 Å². The summed E-state index contributed by atoms with van der Waals surface area (Å²) in [4.78, 5) is 41.6. The molecule has 1 aliphatic carbocycles. The summed E-state index contributed by atoms with van der Waals surface area (Å²) in [7, 11) is 0. The Labute approximate surface area is 288 Å². The van der Waals surface area contributed by atoms with Crippen molar-refractivity contribution >= 4 is 23.5 Å². The van der Waals surface area contributed by atoms with Gasteiger partial charge in [0.05, 0.1) is 6.54 Å². The summed E-state index contributed by atoms with van der Waals surface area (Å²) in [6, 6.07) is 17.7. The van der Waals surface area contributed by atoms with Crippen LogP contribution in [0, 0.1) is 17.5 Å². The fourth-order valence-electron chi connectivity index (χ4n) is 6.00. The number of carbonyl (C=O) groups excluding carboxylic acids is 2. The topological polar surface area (TPSA) is 104 Å². The van der Waals surface area contributed by atoms with E-state index in [-0.39, 0.29) is 29.5 Å². The molecule has 2 N–H and O–H groups in total. The molecule has 3 aromatic carbocycles. The van der Waals surface area contributed by atoms with Crippen LogP contribution in [0.4, 0.5) is 23.8 Å². The van der Waals surface area contributed by atoms with Gasteiger partial charge in [0, 0.05) is 18.1 Å². The van der Waals surface area contributed by atoms with Crippen molar-refractivity contribution in [1.82, 2.24) is 9.47 Å². The molecule has 8 nitrogen and oxygen atoms in total. The molecule has 0 saturated heterocycles. The van der Waals surface area contributed by atoms with Gasteiger partial charge < -0.3 is 15.2 Å². The Kier molecular flexibility index (Phi) is 10.8. The lowest BCUT2D eigenvalue weighted by Gasteiger charge is -2.33. The van der Waals surface area contributed by atoms with E-state index in [9.17, 15) is 18.8 Å². The van der Waals surface area contributed by atoms with Gasteiger partial charge in [0.1, 0.15) is 35.1 Å². The van der Waals surface area contributed by atoms with E-state index in [4.69, 9.17) is 15.2 Å². The molecule has 1 amide bonds. The van der Waals surface area contributed by atoms with E-state index in [2.05, 4.69) is 6.58 Å². The summed E-state index contributed by atoms with van der Waals surface area (Å²) in [6.45, 7) is 8.56. The van der Waals surface area contributed by atoms with Gasteiger partial charge in [-0.3, -0.25) is 14.3 Å². The molecule has 0 unspecified atom stereocenters. The molecule has 0 spiro atoms. The highest BCUT2D eigenvalue weighted by Gasteiger charge is 2.36. The van der Waals surface area contributed by atoms with Gasteiger partial charge in [0.2, 0.25) is 0 Å². The first-order valence-electron chi connectivity index (χ1n) is 16.4. The number of carbonyl (C=O) groups is 2. The molecule has 1 fully saturated rings. The number of rotatable bonds is 10. The van der Waals surface area contributed by atoms with Crippen LogP contribution < -0.4 is 11.3 Å². The first-order valence-corrected chi connectivity index (χ1v) is 16.4. The number of benzene rings is 3. The van der Waals surface area contributed by atoms with Gasteiger partial charge >= 0.3 is 12.1 Å². The molecule has 1 aliphatic rings. The summed E-state index contributed by atoms with van der Waals surface area (Å²) >= 11 is 0. The zero-order chi connectivity index (χ0) is 36.2. The number of nitrogen functional groups attached to an aromatic ring is 1. The molecular weight excluding hydrogens is 647 g/mol. The molecule has 5 rings (SSSR count). The molecule has 262 valence electrons. The van der Waals surface area contributed by atoms with Gasteiger partial charge in [0.15, 0.2) is 11.6 Å². The van der Waals surface area contributed by atoms with Crippen molar-refractivity contribution in [2.45, 2.75) is 77.2 Å². The Hall–Kier alpha value is -5.32. The third-order valence-electron chi connectivity index (χ3n) is 8.43. The first-order chi connectivity index (χ1) is 23.7. The van der Waals surface area contributed by atoms with Crippen molar-refractivity contribution in [2.75, 3.05) is 5.73 Å². The average molecular weight is 688 g/mol. The SMILES string of the molecule is C=C(c1ccc(F)cc1)c1ccc(=O)n(-c2c(F)cc(CN(C(=O)OC(C)(C)C)[C@@H](Cc3ccccc3)C(=O)OC3CCCC3)cc2F)c1N. The van der Waals surface area contributed by atoms with Crippen molar-refractivity contribution in [1.29, 1.82) is 0 Å². The molecule has 1 aromatic heterocycles. The maximum atomic E-state index is 16.0. The number of esters is 1. The summed E-state index contributed by atoms with van der Waals surface area (Å²) in [5.41, 5.74) is 5.54. The lowest BCUT2D eigenvalue weighted by molar-refractivity contribution is -0.155. The Bertz CT molecular complexity index is 1910. The maximum Gasteiger partial charge on any atom is 0.411 e. The van der Waals surface area contributed by atoms with E-state index in [1.165, 1.54) is 30.3 Å². The minimum Gasteiger partial charge on any atom is -0.461 e. The second-order valence-corrected chi connectivity index (χ2v) is 13.4. The normalized spacial score (nSPS) is 13.9. The van der Waals surface area contributed by atoms with Gasteiger partial charge in [-0.1, -0.05) is 49.0 Å². The van der Waals surface area contributed by atoms with Crippen LogP contribution in [0.1, 0.15) is 68.7 Å². The highest BCUT2D eigenvalue weighted by Crippen LogP contribution is 2.30. The number of anilines is 1. The molecule has 50 heavy (non-hydrogen) atoms.